The minimum atomic E-state index is -1.01. The molecular formula is C8H15FO2. The van der Waals surface area contributed by atoms with Gasteiger partial charge in [-0.25, -0.2) is 9.18 Å². The summed E-state index contributed by atoms with van der Waals surface area (Å²) in [6.07, 6.45) is 1.94. The number of ether oxygens (including phenoxy) is 1. The third-order valence-corrected chi connectivity index (χ3v) is 1.74. The molecule has 0 rings (SSSR count). The maximum atomic E-state index is 11.6. The Labute approximate surface area is 66.7 Å². The van der Waals surface area contributed by atoms with E-state index < -0.39 is 12.6 Å². The van der Waals surface area contributed by atoms with Crippen LogP contribution in [0.3, 0.4) is 0 Å². The van der Waals surface area contributed by atoms with Crippen molar-refractivity contribution in [1.29, 1.82) is 0 Å². The highest BCUT2D eigenvalue weighted by atomic mass is 19.1. The Morgan fingerprint density at radius 1 is 1.45 bits per heavy atom. The predicted molar refractivity (Wildman–Crippen MR) is 41.0 cm³/mol. The van der Waals surface area contributed by atoms with Crippen LogP contribution >= 0.6 is 0 Å². The lowest BCUT2D eigenvalue weighted by molar-refractivity contribution is -0.146. The predicted octanol–water partition coefficient (Wildman–Crippen LogP) is 1.94. The molecule has 0 N–H and O–H groups in total. The van der Waals surface area contributed by atoms with Gasteiger partial charge in [-0.2, -0.15) is 0 Å². The summed E-state index contributed by atoms with van der Waals surface area (Å²) in [6.45, 7) is 3.39. The van der Waals surface area contributed by atoms with E-state index in [0.717, 1.165) is 12.8 Å². The van der Waals surface area contributed by atoms with Gasteiger partial charge in [-0.3, -0.25) is 0 Å². The first-order valence-electron chi connectivity index (χ1n) is 3.96. The zero-order chi connectivity index (χ0) is 8.69. The Balaban J connectivity index is 3.42. The van der Waals surface area contributed by atoms with Gasteiger partial charge in [0.2, 0.25) is 0 Å². The molecule has 0 aliphatic heterocycles. The topological polar surface area (TPSA) is 26.3 Å². The zero-order valence-corrected chi connectivity index (χ0v) is 7.10. The van der Waals surface area contributed by atoms with Gasteiger partial charge in [0.1, 0.15) is 0 Å². The Bertz CT molecular complexity index is 111. The van der Waals surface area contributed by atoms with Crippen LogP contribution in [0.25, 0.3) is 0 Å². The number of hydrogen-bond donors (Lipinski definition) is 0. The molecule has 0 radical (unpaired) electrons. The maximum absolute atomic E-state index is 11.6. The Kier molecular flexibility index (Phi) is 5.80. The van der Waals surface area contributed by atoms with Gasteiger partial charge in [0, 0.05) is 0 Å². The van der Waals surface area contributed by atoms with E-state index in [-0.39, 0.29) is 0 Å². The molecule has 0 fully saturated rings. The van der Waals surface area contributed by atoms with E-state index in [9.17, 15) is 9.18 Å². The number of alkyl halides is 1. The molecule has 0 amide bonds. The highest BCUT2D eigenvalue weighted by Gasteiger charge is 2.06. The summed E-state index contributed by atoms with van der Waals surface area (Å²) in [4.78, 5) is 10.4. The highest BCUT2D eigenvalue weighted by molar-refractivity contribution is 5.70. The largest absolute Gasteiger partial charge is 0.463 e. The van der Waals surface area contributed by atoms with Gasteiger partial charge in [0.15, 0.2) is 6.67 Å². The molecule has 0 aromatic heterocycles. The summed E-state index contributed by atoms with van der Waals surface area (Å²) in [7, 11) is 0. The maximum Gasteiger partial charge on any atom is 0.337 e. The first kappa shape index (κ1) is 10.4. The standard InChI is InChI=1S/C8H15FO2/c1-3-7(4-2)6-11-8(10)5-9/h7H,3-6H2,1-2H3. The van der Waals surface area contributed by atoms with E-state index in [2.05, 4.69) is 4.74 Å². The molecule has 0 atom stereocenters. The van der Waals surface area contributed by atoms with E-state index in [4.69, 9.17) is 0 Å². The minimum Gasteiger partial charge on any atom is -0.463 e. The summed E-state index contributed by atoms with van der Waals surface area (Å²) in [6, 6.07) is 0. The van der Waals surface area contributed by atoms with Crippen LogP contribution in [0, 0.1) is 5.92 Å². The van der Waals surface area contributed by atoms with Crippen molar-refractivity contribution in [3.8, 4) is 0 Å². The van der Waals surface area contributed by atoms with Gasteiger partial charge in [-0.1, -0.05) is 26.7 Å². The van der Waals surface area contributed by atoms with Gasteiger partial charge in [0.25, 0.3) is 0 Å². The van der Waals surface area contributed by atoms with Crippen molar-refractivity contribution in [2.24, 2.45) is 5.92 Å². The van der Waals surface area contributed by atoms with Crippen LogP contribution in [-0.2, 0) is 9.53 Å². The zero-order valence-electron chi connectivity index (χ0n) is 7.10. The molecule has 0 saturated carbocycles. The first-order valence-corrected chi connectivity index (χ1v) is 3.96. The van der Waals surface area contributed by atoms with Crippen molar-refractivity contribution in [3.63, 3.8) is 0 Å². The second kappa shape index (κ2) is 6.13. The van der Waals surface area contributed by atoms with Crippen LogP contribution in [0.1, 0.15) is 26.7 Å². The van der Waals surface area contributed by atoms with Crippen LogP contribution < -0.4 is 0 Å². The molecule has 0 aromatic carbocycles. The molecule has 0 aromatic rings. The summed E-state index contributed by atoms with van der Waals surface area (Å²) >= 11 is 0. The molecule has 66 valence electrons. The van der Waals surface area contributed by atoms with Crippen molar-refractivity contribution in [2.75, 3.05) is 13.3 Å². The Hall–Kier alpha value is -0.600. The molecule has 2 nitrogen and oxygen atoms in total. The van der Waals surface area contributed by atoms with Gasteiger partial charge < -0.3 is 4.74 Å². The lowest BCUT2D eigenvalue weighted by Crippen LogP contribution is -2.13. The van der Waals surface area contributed by atoms with Crippen molar-refractivity contribution in [3.05, 3.63) is 0 Å². The molecule has 0 unspecified atom stereocenters. The molecule has 0 aliphatic carbocycles. The number of carbonyl (C=O) groups excluding carboxylic acids is 1. The normalized spacial score (nSPS) is 10.2. The van der Waals surface area contributed by atoms with E-state index >= 15 is 0 Å². The average molecular weight is 162 g/mol. The van der Waals surface area contributed by atoms with Crippen molar-refractivity contribution in [2.45, 2.75) is 26.7 Å². The molecule has 0 saturated heterocycles. The summed E-state index contributed by atoms with van der Waals surface area (Å²) in [5, 5.41) is 0. The van der Waals surface area contributed by atoms with Crippen molar-refractivity contribution < 1.29 is 13.9 Å². The van der Waals surface area contributed by atoms with Gasteiger partial charge in [-0.15, -0.1) is 0 Å². The fraction of sp³-hybridized carbons (Fsp3) is 0.875. The SMILES string of the molecule is CCC(CC)COC(=O)CF. The molecule has 0 aliphatic rings. The molecule has 0 heterocycles. The first-order chi connectivity index (χ1) is 5.24. The van der Waals surface area contributed by atoms with E-state index in [1.54, 1.807) is 0 Å². The number of rotatable bonds is 5. The van der Waals surface area contributed by atoms with Gasteiger partial charge >= 0.3 is 5.97 Å². The van der Waals surface area contributed by atoms with E-state index in [1.807, 2.05) is 13.8 Å². The number of carbonyl (C=O) groups is 1. The van der Waals surface area contributed by atoms with Gasteiger partial charge in [0.05, 0.1) is 6.61 Å². The van der Waals surface area contributed by atoms with Crippen molar-refractivity contribution >= 4 is 5.97 Å². The fourth-order valence-electron chi connectivity index (χ4n) is 0.774. The molecule has 0 spiro atoms. The minimum absolute atomic E-state index is 0.357. The van der Waals surface area contributed by atoms with Crippen LogP contribution in [0.5, 0.6) is 0 Å². The fourth-order valence-corrected chi connectivity index (χ4v) is 0.774. The average Bonchev–Trinajstić information content (AvgIpc) is 2.06. The van der Waals surface area contributed by atoms with Crippen LogP contribution in [0.2, 0.25) is 0 Å². The van der Waals surface area contributed by atoms with Crippen LogP contribution in [0.15, 0.2) is 0 Å². The Morgan fingerprint density at radius 2 is 2.00 bits per heavy atom. The molecule has 0 bridgehead atoms. The summed E-state index contributed by atoms with van der Waals surface area (Å²) in [5.74, 6) is -0.373. The second-order valence-corrected chi connectivity index (χ2v) is 2.50. The van der Waals surface area contributed by atoms with Crippen molar-refractivity contribution in [1.82, 2.24) is 0 Å². The molecule has 3 heteroatoms. The monoisotopic (exact) mass is 162 g/mol. The number of esters is 1. The summed E-state index contributed by atoms with van der Waals surface area (Å²) in [5.41, 5.74) is 0. The quantitative estimate of drug-likeness (QED) is 0.577. The third-order valence-electron chi connectivity index (χ3n) is 1.74. The summed E-state index contributed by atoms with van der Waals surface area (Å²) < 4.78 is 16.2. The second-order valence-electron chi connectivity index (χ2n) is 2.50. The van der Waals surface area contributed by atoms with Gasteiger partial charge in [-0.05, 0) is 5.92 Å². The smallest absolute Gasteiger partial charge is 0.337 e. The van der Waals surface area contributed by atoms with E-state index in [0.29, 0.717) is 12.5 Å². The van der Waals surface area contributed by atoms with Crippen LogP contribution in [-0.4, -0.2) is 19.3 Å². The number of hydrogen-bond acceptors (Lipinski definition) is 2. The molecule has 11 heavy (non-hydrogen) atoms. The lowest BCUT2D eigenvalue weighted by Gasteiger charge is -2.10. The van der Waals surface area contributed by atoms with Crippen LogP contribution in [0.4, 0.5) is 4.39 Å². The highest BCUT2D eigenvalue weighted by Crippen LogP contribution is 2.07. The Morgan fingerprint density at radius 3 is 2.36 bits per heavy atom. The lowest BCUT2D eigenvalue weighted by atomic mass is 10.1. The third kappa shape index (κ3) is 4.76. The number of halogens is 1. The molecular weight excluding hydrogens is 147 g/mol. The van der Waals surface area contributed by atoms with E-state index in [1.165, 1.54) is 0 Å².